The molecule has 0 radical (unpaired) electrons. The van der Waals surface area contributed by atoms with Crippen LogP contribution in [-0.2, 0) is 16.0 Å². The molecule has 1 saturated heterocycles. The second-order valence-corrected chi connectivity index (χ2v) is 6.81. The van der Waals surface area contributed by atoms with Crippen LogP contribution in [0.3, 0.4) is 0 Å². The van der Waals surface area contributed by atoms with Crippen LogP contribution in [0.25, 0.3) is 10.7 Å². The summed E-state index contributed by atoms with van der Waals surface area (Å²) >= 11 is 1.55. The highest BCUT2D eigenvalue weighted by molar-refractivity contribution is 7.13. The molecule has 0 aromatic carbocycles. The number of hydrogen-bond acceptors (Lipinski definition) is 6. The Bertz CT molecular complexity index is 698. The SMILES string of the molecule is O=C(O)C1CCCN(C(=O)CCCc2nc(-c3cccs3)no2)C1. The molecule has 3 heterocycles. The van der Waals surface area contributed by atoms with Gasteiger partial charge in [-0.2, -0.15) is 4.98 Å². The molecule has 8 heteroatoms. The van der Waals surface area contributed by atoms with E-state index in [2.05, 4.69) is 10.1 Å². The molecular formula is C16H19N3O4S. The van der Waals surface area contributed by atoms with Crippen LogP contribution in [0.4, 0.5) is 0 Å². The number of carboxylic acid groups (broad SMARTS) is 1. The number of hydrogen-bond donors (Lipinski definition) is 1. The van der Waals surface area contributed by atoms with Crippen LogP contribution in [0.1, 0.15) is 31.6 Å². The van der Waals surface area contributed by atoms with Gasteiger partial charge in [0.25, 0.3) is 0 Å². The van der Waals surface area contributed by atoms with Gasteiger partial charge in [0.15, 0.2) is 0 Å². The highest BCUT2D eigenvalue weighted by Crippen LogP contribution is 2.22. The Morgan fingerprint density at radius 2 is 2.33 bits per heavy atom. The summed E-state index contributed by atoms with van der Waals surface area (Å²) in [5.41, 5.74) is 0. The summed E-state index contributed by atoms with van der Waals surface area (Å²) < 4.78 is 5.21. The number of likely N-dealkylation sites (tertiary alicyclic amines) is 1. The van der Waals surface area contributed by atoms with Crippen molar-refractivity contribution in [2.24, 2.45) is 5.92 Å². The summed E-state index contributed by atoms with van der Waals surface area (Å²) in [5, 5.41) is 15.0. The number of carbonyl (C=O) groups excluding carboxylic acids is 1. The summed E-state index contributed by atoms with van der Waals surface area (Å²) in [6.07, 6.45) is 2.91. The summed E-state index contributed by atoms with van der Waals surface area (Å²) in [4.78, 5) is 30.2. The number of aliphatic carboxylic acids is 1. The van der Waals surface area contributed by atoms with Crippen LogP contribution in [0, 0.1) is 5.92 Å². The number of rotatable bonds is 6. The largest absolute Gasteiger partial charge is 0.481 e. The molecule has 7 nitrogen and oxygen atoms in total. The van der Waals surface area contributed by atoms with E-state index in [0.29, 0.717) is 50.5 Å². The van der Waals surface area contributed by atoms with E-state index in [-0.39, 0.29) is 5.91 Å². The van der Waals surface area contributed by atoms with E-state index in [1.165, 1.54) is 0 Å². The number of carboxylic acids is 1. The van der Waals surface area contributed by atoms with Crippen molar-refractivity contribution in [3.05, 3.63) is 23.4 Å². The molecule has 3 rings (SSSR count). The molecule has 0 bridgehead atoms. The molecule has 1 amide bonds. The van der Waals surface area contributed by atoms with E-state index in [9.17, 15) is 9.59 Å². The Balaban J connectivity index is 1.46. The lowest BCUT2D eigenvalue weighted by molar-refractivity contribution is -0.145. The number of amides is 1. The standard InChI is InChI=1S/C16H19N3O4S/c20-14(19-8-2-4-11(10-19)16(21)22)7-1-6-13-17-15(18-23-13)12-5-3-9-24-12/h3,5,9,11H,1-2,4,6-8,10H2,(H,21,22). The second kappa shape index (κ2) is 7.57. The zero-order valence-electron chi connectivity index (χ0n) is 13.2. The molecule has 1 fully saturated rings. The minimum atomic E-state index is -0.820. The molecule has 1 aliphatic heterocycles. The van der Waals surface area contributed by atoms with E-state index in [0.717, 1.165) is 11.3 Å². The predicted octanol–water partition coefficient (Wildman–Crippen LogP) is 2.44. The molecular weight excluding hydrogens is 330 g/mol. The fourth-order valence-electron chi connectivity index (χ4n) is 2.82. The van der Waals surface area contributed by atoms with E-state index < -0.39 is 11.9 Å². The monoisotopic (exact) mass is 349 g/mol. The topological polar surface area (TPSA) is 96.5 Å². The summed E-state index contributed by atoms with van der Waals surface area (Å²) in [6.45, 7) is 0.961. The highest BCUT2D eigenvalue weighted by atomic mass is 32.1. The first-order valence-corrected chi connectivity index (χ1v) is 8.88. The van der Waals surface area contributed by atoms with Gasteiger partial charge in [-0.05, 0) is 30.7 Å². The molecule has 1 aliphatic rings. The van der Waals surface area contributed by atoms with Crippen molar-refractivity contribution in [3.63, 3.8) is 0 Å². The van der Waals surface area contributed by atoms with Crippen LogP contribution < -0.4 is 0 Å². The molecule has 0 aliphatic carbocycles. The van der Waals surface area contributed by atoms with Gasteiger partial charge < -0.3 is 14.5 Å². The van der Waals surface area contributed by atoms with Crippen LogP contribution >= 0.6 is 11.3 Å². The molecule has 24 heavy (non-hydrogen) atoms. The number of aryl methyl sites for hydroxylation is 1. The molecule has 1 N–H and O–H groups in total. The van der Waals surface area contributed by atoms with Gasteiger partial charge in [0.05, 0.1) is 10.8 Å². The van der Waals surface area contributed by atoms with Gasteiger partial charge in [-0.1, -0.05) is 11.2 Å². The fourth-order valence-corrected chi connectivity index (χ4v) is 3.47. The molecule has 0 saturated carbocycles. The third-order valence-electron chi connectivity index (χ3n) is 4.11. The summed E-state index contributed by atoms with van der Waals surface area (Å²) in [6, 6.07) is 3.86. The predicted molar refractivity (Wildman–Crippen MR) is 87.5 cm³/mol. The number of aromatic nitrogens is 2. The van der Waals surface area contributed by atoms with Crippen LogP contribution in [0.15, 0.2) is 22.0 Å². The summed E-state index contributed by atoms with van der Waals surface area (Å²) in [5.74, 6) is -0.162. The maximum atomic E-state index is 12.2. The normalized spacial score (nSPS) is 17.8. The van der Waals surface area contributed by atoms with E-state index >= 15 is 0 Å². The van der Waals surface area contributed by atoms with Crippen molar-refractivity contribution in [1.29, 1.82) is 0 Å². The first kappa shape index (κ1) is 16.6. The van der Waals surface area contributed by atoms with Gasteiger partial charge >= 0.3 is 5.97 Å². The molecule has 1 unspecified atom stereocenters. The number of piperidine rings is 1. The number of nitrogens with zero attached hydrogens (tertiary/aromatic N) is 3. The second-order valence-electron chi connectivity index (χ2n) is 5.86. The van der Waals surface area contributed by atoms with Crippen molar-refractivity contribution in [2.75, 3.05) is 13.1 Å². The number of thiophene rings is 1. The van der Waals surface area contributed by atoms with Crippen molar-refractivity contribution >= 4 is 23.2 Å². The van der Waals surface area contributed by atoms with Crippen molar-refractivity contribution in [2.45, 2.75) is 32.1 Å². The maximum absolute atomic E-state index is 12.2. The zero-order chi connectivity index (χ0) is 16.9. The van der Waals surface area contributed by atoms with Crippen molar-refractivity contribution in [1.82, 2.24) is 15.0 Å². The Morgan fingerprint density at radius 1 is 1.46 bits per heavy atom. The van der Waals surface area contributed by atoms with Crippen LogP contribution in [0.5, 0.6) is 0 Å². The lowest BCUT2D eigenvalue weighted by Gasteiger charge is -2.30. The van der Waals surface area contributed by atoms with Gasteiger partial charge in [0.2, 0.25) is 17.6 Å². The van der Waals surface area contributed by atoms with Gasteiger partial charge in [0, 0.05) is 25.9 Å². The van der Waals surface area contributed by atoms with Crippen molar-refractivity contribution in [3.8, 4) is 10.7 Å². The minimum absolute atomic E-state index is 0.000976. The highest BCUT2D eigenvalue weighted by Gasteiger charge is 2.27. The maximum Gasteiger partial charge on any atom is 0.308 e. The first-order valence-electron chi connectivity index (χ1n) is 8.00. The van der Waals surface area contributed by atoms with Gasteiger partial charge in [0.1, 0.15) is 0 Å². The van der Waals surface area contributed by atoms with E-state index in [1.54, 1.807) is 16.2 Å². The zero-order valence-corrected chi connectivity index (χ0v) is 14.0. The molecule has 1 atom stereocenters. The molecule has 2 aromatic rings. The molecule has 128 valence electrons. The van der Waals surface area contributed by atoms with Crippen LogP contribution in [-0.4, -0.2) is 45.1 Å². The third-order valence-corrected chi connectivity index (χ3v) is 4.98. The van der Waals surface area contributed by atoms with Gasteiger partial charge in [-0.25, -0.2) is 0 Å². The average Bonchev–Trinajstić information content (AvgIpc) is 3.26. The lowest BCUT2D eigenvalue weighted by Crippen LogP contribution is -2.42. The Hall–Kier alpha value is -2.22. The lowest BCUT2D eigenvalue weighted by atomic mass is 9.98. The Labute approximate surface area is 143 Å². The van der Waals surface area contributed by atoms with E-state index in [4.69, 9.17) is 9.63 Å². The summed E-state index contributed by atoms with van der Waals surface area (Å²) in [7, 11) is 0. The van der Waals surface area contributed by atoms with Crippen LogP contribution in [0.2, 0.25) is 0 Å². The third kappa shape index (κ3) is 4.00. The van der Waals surface area contributed by atoms with Gasteiger partial charge in [-0.15, -0.1) is 11.3 Å². The Kier molecular flexibility index (Phi) is 5.24. The molecule has 2 aromatic heterocycles. The quantitative estimate of drug-likeness (QED) is 0.860. The first-order chi connectivity index (χ1) is 11.6. The van der Waals surface area contributed by atoms with Gasteiger partial charge in [-0.3, -0.25) is 9.59 Å². The fraction of sp³-hybridized carbons (Fsp3) is 0.500. The average molecular weight is 349 g/mol. The minimum Gasteiger partial charge on any atom is -0.481 e. The Morgan fingerprint density at radius 3 is 3.08 bits per heavy atom. The van der Waals surface area contributed by atoms with Crippen molar-refractivity contribution < 1.29 is 19.2 Å². The van der Waals surface area contributed by atoms with E-state index in [1.807, 2.05) is 17.5 Å². The number of carbonyl (C=O) groups is 2. The smallest absolute Gasteiger partial charge is 0.308 e. The molecule has 0 spiro atoms.